The summed E-state index contributed by atoms with van der Waals surface area (Å²) in [6.45, 7) is 5.33. The molecule has 2 nitrogen and oxygen atoms in total. The molecule has 0 radical (unpaired) electrons. The van der Waals surface area contributed by atoms with Crippen LogP contribution in [0.2, 0.25) is 0 Å². The zero-order chi connectivity index (χ0) is 17.4. The molecule has 1 aliphatic rings. The Balaban J connectivity index is 1.92. The fraction of sp³-hybridized carbons (Fsp3) is 0.125. The van der Waals surface area contributed by atoms with Gasteiger partial charge in [0.2, 0.25) is 0 Å². The zero-order valence-electron chi connectivity index (χ0n) is 15.0. The number of pyridine rings is 1. The normalized spacial score (nSPS) is 12.8. The average molecular weight is 335 g/mol. The number of hydrogen-bond acceptors (Lipinski definition) is 0. The molecule has 0 spiro atoms. The second-order valence-electron chi connectivity index (χ2n) is 7.48. The van der Waals surface area contributed by atoms with E-state index in [1.807, 2.05) is 0 Å². The Morgan fingerprint density at radius 3 is 2.65 bits per heavy atom. The van der Waals surface area contributed by atoms with E-state index in [1.165, 1.54) is 55.3 Å². The maximum atomic E-state index is 2.47. The van der Waals surface area contributed by atoms with Gasteiger partial charge in [0, 0.05) is 21.9 Å². The van der Waals surface area contributed by atoms with Crippen molar-refractivity contribution >= 4 is 27.3 Å². The summed E-state index contributed by atoms with van der Waals surface area (Å²) in [6, 6.07) is 22.3. The summed E-state index contributed by atoms with van der Waals surface area (Å²) in [6.07, 6.45) is 2.33. The molecule has 0 atom stereocenters. The summed E-state index contributed by atoms with van der Waals surface area (Å²) in [4.78, 5) is 0. The van der Waals surface area contributed by atoms with E-state index in [2.05, 4.69) is 89.7 Å². The molecule has 0 aliphatic carbocycles. The van der Waals surface area contributed by atoms with Gasteiger partial charge in [-0.3, -0.25) is 0 Å². The zero-order valence-corrected chi connectivity index (χ0v) is 15.0. The van der Waals surface area contributed by atoms with Crippen LogP contribution in [-0.4, -0.2) is 4.40 Å². The van der Waals surface area contributed by atoms with Gasteiger partial charge >= 0.3 is 0 Å². The Bertz CT molecular complexity index is 1370. The molecule has 0 bridgehead atoms. The maximum absolute atomic E-state index is 2.47. The lowest BCUT2D eigenvalue weighted by Crippen LogP contribution is -2.28. The van der Waals surface area contributed by atoms with Crippen LogP contribution in [0, 0.1) is 13.8 Å². The number of benzene rings is 3. The molecule has 26 heavy (non-hydrogen) atoms. The van der Waals surface area contributed by atoms with E-state index in [0.29, 0.717) is 0 Å². The fourth-order valence-corrected chi connectivity index (χ4v) is 4.64. The molecule has 0 N–H and O–H groups in total. The van der Waals surface area contributed by atoms with E-state index in [4.69, 9.17) is 0 Å². The van der Waals surface area contributed by atoms with Gasteiger partial charge in [-0.25, -0.2) is 4.57 Å². The van der Waals surface area contributed by atoms with Crippen molar-refractivity contribution in [2.75, 3.05) is 0 Å². The summed E-state index contributed by atoms with van der Waals surface area (Å²) in [5, 5.41) is 4.12. The molecule has 0 saturated carbocycles. The lowest BCUT2D eigenvalue weighted by molar-refractivity contribution is -0.657. The first-order valence-corrected chi connectivity index (χ1v) is 9.17. The third-order valence-electron chi connectivity index (χ3n) is 5.82. The largest absolute Gasteiger partial charge is 0.295 e. The summed E-state index contributed by atoms with van der Waals surface area (Å²) >= 11 is 0. The number of rotatable bonds is 1. The highest BCUT2D eigenvalue weighted by Gasteiger charge is 2.31. The molecule has 6 rings (SSSR count). The van der Waals surface area contributed by atoms with Gasteiger partial charge in [-0.2, -0.15) is 4.40 Å². The van der Waals surface area contributed by atoms with Crippen LogP contribution in [0.5, 0.6) is 0 Å². The fourth-order valence-electron chi connectivity index (χ4n) is 4.64. The van der Waals surface area contributed by atoms with Crippen LogP contribution in [0.3, 0.4) is 0 Å². The smallest absolute Gasteiger partial charge is 0.225 e. The topological polar surface area (TPSA) is 8.29 Å². The minimum Gasteiger partial charge on any atom is -0.225 e. The van der Waals surface area contributed by atoms with Crippen molar-refractivity contribution in [3.05, 3.63) is 83.6 Å². The molecule has 124 valence electrons. The van der Waals surface area contributed by atoms with Gasteiger partial charge < -0.3 is 0 Å². The second kappa shape index (κ2) is 4.73. The number of aromatic nitrogens is 2. The molecule has 3 heterocycles. The Kier molecular flexibility index (Phi) is 2.56. The molecule has 2 heteroatoms. The van der Waals surface area contributed by atoms with Crippen molar-refractivity contribution in [2.24, 2.45) is 0 Å². The van der Waals surface area contributed by atoms with E-state index in [1.54, 1.807) is 0 Å². The van der Waals surface area contributed by atoms with Gasteiger partial charge in [-0.05, 0) is 31.5 Å². The van der Waals surface area contributed by atoms with Crippen molar-refractivity contribution in [3.63, 3.8) is 0 Å². The third kappa shape index (κ3) is 1.64. The summed E-state index contributed by atoms with van der Waals surface area (Å²) in [5.74, 6) is 0. The first-order chi connectivity index (χ1) is 12.7. The third-order valence-corrected chi connectivity index (χ3v) is 5.82. The van der Waals surface area contributed by atoms with Crippen LogP contribution in [0.15, 0.2) is 66.9 Å². The van der Waals surface area contributed by atoms with E-state index in [-0.39, 0.29) is 0 Å². The Labute approximate surface area is 151 Å². The Hall–Kier alpha value is -3.13. The Morgan fingerprint density at radius 1 is 0.885 bits per heavy atom. The van der Waals surface area contributed by atoms with E-state index >= 15 is 0 Å². The maximum Gasteiger partial charge on any atom is 0.295 e. The predicted octanol–water partition coefficient (Wildman–Crippen LogP) is 5.18. The van der Waals surface area contributed by atoms with Crippen molar-refractivity contribution in [2.45, 2.75) is 20.4 Å². The molecule has 5 aromatic rings. The molecule has 1 aliphatic heterocycles. The minimum absolute atomic E-state index is 0.956. The SMILES string of the molecule is Cc1ccc2c(c1)c1cccc3c1c1n2c(-c2ccccc2C)c[n+]1C3. The number of hydrogen-bond donors (Lipinski definition) is 0. The monoisotopic (exact) mass is 335 g/mol. The predicted molar refractivity (Wildman–Crippen MR) is 107 cm³/mol. The highest BCUT2D eigenvalue weighted by molar-refractivity contribution is 6.13. The summed E-state index contributed by atoms with van der Waals surface area (Å²) in [7, 11) is 0. The lowest BCUT2D eigenvalue weighted by atomic mass is 10.0. The highest BCUT2D eigenvalue weighted by atomic mass is 15.1. The number of fused-ring (bicyclic) bond motifs is 3. The highest BCUT2D eigenvalue weighted by Crippen LogP contribution is 2.37. The molecule has 0 saturated heterocycles. The first kappa shape index (κ1) is 14.1. The van der Waals surface area contributed by atoms with Crippen LogP contribution < -0.4 is 4.57 Å². The van der Waals surface area contributed by atoms with Gasteiger partial charge in [0.05, 0.1) is 5.39 Å². The van der Waals surface area contributed by atoms with Crippen LogP contribution in [-0.2, 0) is 6.54 Å². The average Bonchev–Trinajstić information content (AvgIpc) is 3.18. The van der Waals surface area contributed by atoms with Crippen molar-refractivity contribution in [3.8, 4) is 11.3 Å². The van der Waals surface area contributed by atoms with Crippen molar-refractivity contribution < 1.29 is 4.57 Å². The molecule has 0 amide bonds. The lowest BCUT2D eigenvalue weighted by Gasteiger charge is -2.07. The van der Waals surface area contributed by atoms with E-state index < -0.39 is 0 Å². The van der Waals surface area contributed by atoms with Gasteiger partial charge in [-0.1, -0.05) is 54.1 Å². The van der Waals surface area contributed by atoms with Crippen LogP contribution in [0.1, 0.15) is 16.7 Å². The molecule has 0 unspecified atom stereocenters. The minimum atomic E-state index is 0.956. The number of imidazole rings is 1. The first-order valence-electron chi connectivity index (χ1n) is 9.17. The standard InChI is InChI=1S/C24H19N2/c1-15-10-11-21-20(12-15)19-9-5-7-17-13-25-14-22(26(21)24(25)23(17)19)18-8-4-3-6-16(18)2/h3-12,14H,13H2,1-2H3/q+1. The molecular formula is C24H19N2+. The molecule has 2 aromatic heterocycles. The molecule has 0 fully saturated rings. The molecule has 3 aromatic carbocycles. The number of nitrogens with zero attached hydrogens (tertiary/aromatic N) is 2. The van der Waals surface area contributed by atoms with E-state index in [9.17, 15) is 0 Å². The van der Waals surface area contributed by atoms with E-state index in [0.717, 1.165) is 6.54 Å². The molecular weight excluding hydrogens is 316 g/mol. The van der Waals surface area contributed by atoms with Gasteiger partial charge in [0.25, 0.3) is 5.65 Å². The van der Waals surface area contributed by atoms with Crippen LogP contribution >= 0.6 is 0 Å². The van der Waals surface area contributed by atoms with Gasteiger partial charge in [0.15, 0.2) is 5.69 Å². The summed E-state index contributed by atoms with van der Waals surface area (Å²) < 4.78 is 4.88. The summed E-state index contributed by atoms with van der Waals surface area (Å²) in [5.41, 5.74) is 9.24. The van der Waals surface area contributed by atoms with Crippen molar-refractivity contribution in [1.29, 1.82) is 0 Å². The quantitative estimate of drug-likeness (QED) is 0.289. The van der Waals surface area contributed by atoms with Crippen molar-refractivity contribution in [1.82, 2.24) is 4.40 Å². The van der Waals surface area contributed by atoms with Gasteiger partial charge in [0.1, 0.15) is 18.3 Å². The second-order valence-corrected chi connectivity index (χ2v) is 7.48. The number of aryl methyl sites for hydroxylation is 2. The Morgan fingerprint density at radius 2 is 1.77 bits per heavy atom. The van der Waals surface area contributed by atoms with Crippen LogP contribution in [0.25, 0.3) is 38.6 Å². The van der Waals surface area contributed by atoms with Crippen LogP contribution in [0.4, 0.5) is 0 Å². The van der Waals surface area contributed by atoms with Gasteiger partial charge in [-0.15, -0.1) is 0 Å².